The van der Waals surface area contributed by atoms with E-state index in [1.807, 2.05) is 36.5 Å². The van der Waals surface area contributed by atoms with Gasteiger partial charge in [0.15, 0.2) is 0 Å². The maximum Gasteiger partial charge on any atom is 0.120 e. The predicted molar refractivity (Wildman–Crippen MR) is 186 cm³/mol. The fourth-order valence-electron chi connectivity index (χ4n) is 5.35. The normalized spacial score (nSPS) is 11.9. The summed E-state index contributed by atoms with van der Waals surface area (Å²) in [6.45, 7) is 11.3. The number of benzene rings is 4. The summed E-state index contributed by atoms with van der Waals surface area (Å²) in [5.41, 5.74) is 8.47. The van der Waals surface area contributed by atoms with E-state index in [-0.39, 0.29) is 31.8 Å². The van der Waals surface area contributed by atoms with Gasteiger partial charge in [-0.05, 0) is 52.0 Å². The second-order valence-electron chi connectivity index (χ2n) is 12.4. The molecule has 0 aliphatic heterocycles. The Morgan fingerprint density at radius 1 is 0.783 bits per heavy atom. The Labute approximate surface area is 284 Å². The molecule has 0 aliphatic rings. The largest absolute Gasteiger partial charge is 0.501 e. The number of halogens is 1. The van der Waals surface area contributed by atoms with Crippen molar-refractivity contribution >= 4 is 35.2 Å². The van der Waals surface area contributed by atoms with Gasteiger partial charge in [0, 0.05) is 43.8 Å². The Kier molecular flexibility index (Phi) is 10.1. The van der Waals surface area contributed by atoms with E-state index >= 15 is 0 Å². The fourth-order valence-corrected chi connectivity index (χ4v) is 6.39. The molecule has 7 aromatic rings. The van der Waals surface area contributed by atoms with Gasteiger partial charge in [0.05, 0.1) is 13.7 Å². The molecule has 46 heavy (non-hydrogen) atoms. The Morgan fingerprint density at radius 2 is 1.59 bits per heavy atom. The van der Waals surface area contributed by atoms with Gasteiger partial charge in [-0.25, -0.2) is 4.39 Å². The van der Waals surface area contributed by atoms with Crippen LogP contribution < -0.4 is 5.19 Å². The summed E-state index contributed by atoms with van der Waals surface area (Å²) in [6.07, 6.45) is 3.48. The van der Waals surface area contributed by atoms with Crippen molar-refractivity contribution in [3.05, 3.63) is 150 Å². The molecule has 3 nitrogen and oxygen atoms in total. The molecular weight excluding hydrogens is 764 g/mol. The molecule has 6 heteroatoms. The topological polar surface area (TPSA) is 38.9 Å². The predicted octanol–water partition coefficient (Wildman–Crippen LogP) is 10.1. The van der Waals surface area contributed by atoms with Crippen molar-refractivity contribution in [2.45, 2.75) is 39.4 Å². The van der Waals surface area contributed by atoms with Gasteiger partial charge in [-0.15, -0.1) is 53.6 Å². The average molecular weight is 799 g/mol. The molecule has 0 saturated heterocycles. The molecule has 1 radical (unpaired) electrons. The number of hydrogen-bond donors (Lipinski definition) is 0. The zero-order valence-electron chi connectivity index (χ0n) is 26.6. The Balaban J connectivity index is 0.000000200. The molecule has 0 aliphatic carbocycles. The third-order valence-corrected chi connectivity index (χ3v) is 10.1. The van der Waals surface area contributed by atoms with Gasteiger partial charge in [-0.3, -0.25) is 0 Å². The number of rotatable bonds is 5. The van der Waals surface area contributed by atoms with Crippen molar-refractivity contribution in [2.75, 3.05) is 0 Å². The summed E-state index contributed by atoms with van der Waals surface area (Å²) in [5, 5.41) is 3.42. The van der Waals surface area contributed by atoms with Crippen LogP contribution in [-0.4, -0.2) is 18.0 Å². The maximum absolute atomic E-state index is 13.7. The molecule has 0 saturated carbocycles. The van der Waals surface area contributed by atoms with E-state index in [0.717, 1.165) is 27.6 Å². The molecule has 3 aromatic heterocycles. The minimum absolute atomic E-state index is 0. The van der Waals surface area contributed by atoms with Crippen LogP contribution in [0.25, 0.3) is 44.5 Å². The first-order valence-corrected chi connectivity index (χ1v) is 18.7. The van der Waals surface area contributed by atoms with Crippen LogP contribution in [0.1, 0.15) is 29.5 Å². The fraction of sp³-hybridized carbons (Fsp3) is 0.150. The maximum atomic E-state index is 13.7. The Morgan fingerprint density at radius 3 is 2.26 bits per heavy atom. The van der Waals surface area contributed by atoms with Crippen molar-refractivity contribution in [2.24, 2.45) is 0 Å². The van der Waals surface area contributed by atoms with Crippen LogP contribution in [-0.2, 0) is 20.1 Å². The molecule has 0 spiro atoms. The first-order valence-electron chi connectivity index (χ1n) is 15.2. The minimum atomic E-state index is -1.24. The quantitative estimate of drug-likeness (QED) is 0.129. The molecule has 1 atom stereocenters. The Bertz CT molecular complexity index is 2070. The van der Waals surface area contributed by atoms with Crippen LogP contribution in [0.15, 0.2) is 120 Å². The van der Waals surface area contributed by atoms with E-state index in [1.54, 1.807) is 0 Å². The third-order valence-electron chi connectivity index (χ3n) is 8.11. The van der Waals surface area contributed by atoms with Crippen LogP contribution in [0.3, 0.4) is 0 Å². The van der Waals surface area contributed by atoms with Crippen LogP contribution >= 0.6 is 0 Å². The second kappa shape index (κ2) is 14.0. The molecule has 7 rings (SSSR count). The van der Waals surface area contributed by atoms with E-state index in [1.165, 1.54) is 40.2 Å². The first kappa shape index (κ1) is 33.1. The van der Waals surface area contributed by atoms with Gasteiger partial charge < -0.3 is 14.4 Å². The zero-order valence-corrected chi connectivity index (χ0v) is 30.0. The second-order valence-corrected chi connectivity index (χ2v) is 17.5. The first-order chi connectivity index (χ1) is 21.7. The van der Waals surface area contributed by atoms with E-state index in [2.05, 4.69) is 116 Å². The molecule has 0 amide bonds. The number of hydrogen-bond acceptors (Lipinski definition) is 3. The minimum Gasteiger partial charge on any atom is -0.501 e. The van der Waals surface area contributed by atoms with Crippen LogP contribution in [0.5, 0.6) is 0 Å². The monoisotopic (exact) mass is 799 g/mol. The van der Waals surface area contributed by atoms with Gasteiger partial charge in [0.2, 0.25) is 0 Å². The van der Waals surface area contributed by atoms with Crippen molar-refractivity contribution in [3.63, 3.8) is 0 Å². The summed E-state index contributed by atoms with van der Waals surface area (Å²) in [7, 11) is -1.24. The smallest absolute Gasteiger partial charge is 0.120 e. The zero-order chi connectivity index (χ0) is 31.6. The summed E-state index contributed by atoms with van der Waals surface area (Å²) in [4.78, 5) is 8.83. The van der Waals surface area contributed by atoms with Crippen LogP contribution in [0, 0.1) is 24.9 Å². The van der Waals surface area contributed by atoms with Gasteiger partial charge in [0.1, 0.15) is 11.4 Å². The molecule has 3 heterocycles. The average Bonchev–Trinajstić information content (AvgIpc) is 3.43. The SMILES string of the molecule is CC(c1ccccc1)c1ccc2oc3c(-c4cc(F)ccn4)[c-]ccc3c2c1.Cc1c[c-]c(-c2ccc([Si](C)(C)C)cn2)cc1.[Ir]. The number of nitrogens with zero attached hydrogens (tertiary/aromatic N) is 2. The van der Waals surface area contributed by atoms with Crippen molar-refractivity contribution in [3.8, 4) is 22.5 Å². The molecular formula is C40H35FIrN2OSi-2. The number of aromatic nitrogens is 2. The number of furan rings is 1. The summed E-state index contributed by atoms with van der Waals surface area (Å²) in [5.74, 6) is -0.0549. The standard InChI is InChI=1S/C25H17FNO.C15H18NSi.Ir/c1-16(17-6-3-2-4-7-17)18-10-11-24-22(14-18)20-8-5-9-21(25(20)28-24)23-15-19(26)12-13-27-23;1-12-5-7-13(8-6-12)15-10-9-14(11-16-15)17(2,3)4;/h2-8,10-16H,1H3;5-7,9-11H,1-4H3;/q2*-1;. The molecule has 1 unspecified atom stereocenters. The Hall–Kier alpha value is -4.22. The van der Waals surface area contributed by atoms with Gasteiger partial charge >= 0.3 is 0 Å². The summed E-state index contributed by atoms with van der Waals surface area (Å²) < 4.78 is 19.8. The van der Waals surface area contributed by atoms with Crippen LogP contribution in [0.4, 0.5) is 4.39 Å². The third kappa shape index (κ3) is 7.26. The van der Waals surface area contributed by atoms with Gasteiger partial charge in [0.25, 0.3) is 0 Å². The van der Waals surface area contributed by atoms with Gasteiger partial charge in [-0.2, -0.15) is 0 Å². The van der Waals surface area contributed by atoms with Gasteiger partial charge in [-0.1, -0.05) is 93.0 Å². The van der Waals surface area contributed by atoms with Crippen LogP contribution in [0.2, 0.25) is 19.6 Å². The number of fused-ring (bicyclic) bond motifs is 3. The van der Waals surface area contributed by atoms with E-state index in [9.17, 15) is 4.39 Å². The van der Waals surface area contributed by atoms with E-state index in [4.69, 9.17) is 4.42 Å². The van der Waals surface area contributed by atoms with E-state index in [0.29, 0.717) is 16.8 Å². The summed E-state index contributed by atoms with van der Waals surface area (Å²) >= 11 is 0. The van der Waals surface area contributed by atoms with E-state index < -0.39 is 8.07 Å². The molecule has 233 valence electrons. The molecule has 0 bridgehead atoms. The number of aryl methyl sites for hydroxylation is 1. The van der Waals surface area contributed by atoms with Crippen molar-refractivity contribution < 1.29 is 28.9 Å². The molecule has 0 N–H and O–H groups in total. The summed E-state index contributed by atoms with van der Waals surface area (Å²) in [6, 6.07) is 40.2. The van der Waals surface area contributed by atoms with Crippen molar-refractivity contribution in [1.29, 1.82) is 0 Å². The number of pyridine rings is 2. The molecule has 4 aromatic carbocycles. The molecule has 0 fully saturated rings. The van der Waals surface area contributed by atoms with Crippen molar-refractivity contribution in [1.82, 2.24) is 9.97 Å².